The summed E-state index contributed by atoms with van der Waals surface area (Å²) >= 11 is 3.47. The number of benzene rings is 1. The van der Waals surface area contributed by atoms with Gasteiger partial charge < -0.3 is 5.73 Å². The molecule has 82 valence electrons. The Bertz CT molecular complexity index is 312. The van der Waals surface area contributed by atoms with Crippen LogP contribution in [0, 0.1) is 0 Å². The SMILES string of the molecule is C=CCN(CCN)Cc1cccc(Br)c1. The second-order valence-electron chi connectivity index (χ2n) is 3.44. The van der Waals surface area contributed by atoms with E-state index in [9.17, 15) is 0 Å². The molecule has 0 aliphatic rings. The highest BCUT2D eigenvalue weighted by atomic mass is 79.9. The molecule has 1 aromatic carbocycles. The molecule has 0 saturated heterocycles. The van der Waals surface area contributed by atoms with Crippen LogP contribution < -0.4 is 5.73 Å². The van der Waals surface area contributed by atoms with Gasteiger partial charge in [0.15, 0.2) is 0 Å². The van der Waals surface area contributed by atoms with Crippen molar-refractivity contribution in [3.8, 4) is 0 Å². The number of hydrogen-bond donors (Lipinski definition) is 1. The largest absolute Gasteiger partial charge is 0.329 e. The summed E-state index contributed by atoms with van der Waals surface area (Å²) in [7, 11) is 0. The number of hydrogen-bond acceptors (Lipinski definition) is 2. The molecule has 0 bridgehead atoms. The summed E-state index contributed by atoms with van der Waals surface area (Å²) in [5.74, 6) is 0. The predicted molar refractivity (Wildman–Crippen MR) is 68.7 cm³/mol. The van der Waals surface area contributed by atoms with Gasteiger partial charge in [0.25, 0.3) is 0 Å². The Morgan fingerprint density at radius 2 is 2.27 bits per heavy atom. The molecular formula is C12H17BrN2. The van der Waals surface area contributed by atoms with Gasteiger partial charge >= 0.3 is 0 Å². The summed E-state index contributed by atoms with van der Waals surface area (Å²) in [4.78, 5) is 2.27. The van der Waals surface area contributed by atoms with E-state index in [0.29, 0.717) is 6.54 Å². The van der Waals surface area contributed by atoms with E-state index in [1.807, 2.05) is 18.2 Å². The van der Waals surface area contributed by atoms with Crippen molar-refractivity contribution in [2.75, 3.05) is 19.6 Å². The molecule has 0 aromatic heterocycles. The fourth-order valence-electron chi connectivity index (χ4n) is 1.49. The van der Waals surface area contributed by atoms with E-state index < -0.39 is 0 Å². The van der Waals surface area contributed by atoms with Gasteiger partial charge in [0.1, 0.15) is 0 Å². The molecule has 0 atom stereocenters. The van der Waals surface area contributed by atoms with Crippen molar-refractivity contribution in [1.29, 1.82) is 0 Å². The summed E-state index contributed by atoms with van der Waals surface area (Å²) < 4.78 is 1.12. The quantitative estimate of drug-likeness (QED) is 0.803. The maximum absolute atomic E-state index is 5.56. The minimum Gasteiger partial charge on any atom is -0.329 e. The van der Waals surface area contributed by atoms with Crippen molar-refractivity contribution in [1.82, 2.24) is 4.90 Å². The van der Waals surface area contributed by atoms with E-state index in [4.69, 9.17) is 5.73 Å². The third-order valence-electron chi connectivity index (χ3n) is 2.13. The maximum atomic E-state index is 5.56. The average molecular weight is 269 g/mol. The summed E-state index contributed by atoms with van der Waals surface area (Å²) in [6, 6.07) is 8.34. The molecule has 0 fully saturated rings. The first kappa shape index (κ1) is 12.4. The van der Waals surface area contributed by atoms with Crippen LogP contribution in [0.1, 0.15) is 5.56 Å². The molecular weight excluding hydrogens is 252 g/mol. The molecule has 1 aromatic rings. The summed E-state index contributed by atoms with van der Waals surface area (Å²) in [6.45, 7) is 7.13. The van der Waals surface area contributed by atoms with E-state index in [0.717, 1.165) is 24.1 Å². The Balaban J connectivity index is 2.60. The van der Waals surface area contributed by atoms with E-state index >= 15 is 0 Å². The number of halogens is 1. The lowest BCUT2D eigenvalue weighted by Crippen LogP contribution is -2.29. The van der Waals surface area contributed by atoms with Crippen molar-refractivity contribution >= 4 is 15.9 Å². The van der Waals surface area contributed by atoms with Crippen LogP contribution in [0.3, 0.4) is 0 Å². The third-order valence-corrected chi connectivity index (χ3v) is 2.62. The van der Waals surface area contributed by atoms with Gasteiger partial charge in [-0.2, -0.15) is 0 Å². The third kappa shape index (κ3) is 4.60. The standard InChI is InChI=1S/C12H17BrN2/c1-2-7-15(8-6-14)10-11-4-3-5-12(13)9-11/h2-5,9H,1,6-8,10,14H2. The van der Waals surface area contributed by atoms with Crippen LogP contribution in [0.2, 0.25) is 0 Å². The van der Waals surface area contributed by atoms with Gasteiger partial charge in [0.2, 0.25) is 0 Å². The smallest absolute Gasteiger partial charge is 0.0237 e. The minimum absolute atomic E-state index is 0.682. The lowest BCUT2D eigenvalue weighted by molar-refractivity contribution is 0.303. The van der Waals surface area contributed by atoms with Crippen LogP contribution in [-0.2, 0) is 6.54 Å². The van der Waals surface area contributed by atoms with Crippen LogP contribution in [0.25, 0.3) is 0 Å². The summed E-state index contributed by atoms with van der Waals surface area (Å²) in [5, 5.41) is 0. The Hall–Kier alpha value is -0.640. The Morgan fingerprint density at radius 1 is 1.47 bits per heavy atom. The van der Waals surface area contributed by atoms with Crippen molar-refractivity contribution in [3.05, 3.63) is 47.0 Å². The molecule has 2 nitrogen and oxygen atoms in total. The van der Waals surface area contributed by atoms with Crippen molar-refractivity contribution in [3.63, 3.8) is 0 Å². The second kappa shape index (κ2) is 6.77. The molecule has 0 spiro atoms. The maximum Gasteiger partial charge on any atom is 0.0237 e. The molecule has 0 saturated carbocycles. The molecule has 1 rings (SSSR count). The zero-order valence-corrected chi connectivity index (χ0v) is 10.4. The van der Waals surface area contributed by atoms with Gasteiger partial charge in [-0.3, -0.25) is 4.90 Å². The lowest BCUT2D eigenvalue weighted by Gasteiger charge is -2.19. The van der Waals surface area contributed by atoms with Crippen LogP contribution in [0.4, 0.5) is 0 Å². The van der Waals surface area contributed by atoms with Gasteiger partial charge in [-0.15, -0.1) is 6.58 Å². The highest BCUT2D eigenvalue weighted by Crippen LogP contribution is 2.13. The first-order valence-corrected chi connectivity index (χ1v) is 5.83. The van der Waals surface area contributed by atoms with Crippen molar-refractivity contribution in [2.45, 2.75) is 6.54 Å². The zero-order valence-electron chi connectivity index (χ0n) is 8.82. The number of nitrogens with two attached hydrogens (primary N) is 1. The van der Waals surface area contributed by atoms with Gasteiger partial charge in [-0.05, 0) is 17.7 Å². The fraction of sp³-hybridized carbons (Fsp3) is 0.333. The molecule has 3 heteroatoms. The van der Waals surface area contributed by atoms with Gasteiger partial charge in [-0.1, -0.05) is 34.1 Å². The van der Waals surface area contributed by atoms with Gasteiger partial charge in [0.05, 0.1) is 0 Å². The van der Waals surface area contributed by atoms with Crippen molar-refractivity contribution < 1.29 is 0 Å². The Labute approximate surface area is 99.9 Å². The first-order valence-electron chi connectivity index (χ1n) is 5.04. The van der Waals surface area contributed by atoms with Crippen LogP contribution in [-0.4, -0.2) is 24.5 Å². The number of rotatable bonds is 6. The molecule has 0 heterocycles. The van der Waals surface area contributed by atoms with E-state index in [1.54, 1.807) is 0 Å². The zero-order chi connectivity index (χ0) is 11.1. The Morgan fingerprint density at radius 3 is 2.87 bits per heavy atom. The second-order valence-corrected chi connectivity index (χ2v) is 4.36. The van der Waals surface area contributed by atoms with Gasteiger partial charge in [0, 0.05) is 30.7 Å². The first-order chi connectivity index (χ1) is 7.26. The molecule has 2 N–H and O–H groups in total. The Kier molecular flexibility index (Phi) is 5.61. The normalized spacial score (nSPS) is 10.6. The van der Waals surface area contributed by atoms with Crippen LogP contribution >= 0.6 is 15.9 Å². The van der Waals surface area contributed by atoms with E-state index in [-0.39, 0.29) is 0 Å². The monoisotopic (exact) mass is 268 g/mol. The molecule has 0 radical (unpaired) electrons. The molecule has 0 unspecified atom stereocenters. The van der Waals surface area contributed by atoms with E-state index in [2.05, 4.69) is 39.5 Å². The molecule has 0 aliphatic carbocycles. The van der Waals surface area contributed by atoms with E-state index in [1.165, 1.54) is 5.56 Å². The fourth-order valence-corrected chi connectivity index (χ4v) is 1.94. The topological polar surface area (TPSA) is 29.3 Å². The predicted octanol–water partition coefficient (Wildman–Crippen LogP) is 2.40. The van der Waals surface area contributed by atoms with Crippen LogP contribution in [0.15, 0.2) is 41.4 Å². The summed E-state index contributed by atoms with van der Waals surface area (Å²) in [5.41, 5.74) is 6.85. The molecule has 0 amide bonds. The highest BCUT2D eigenvalue weighted by molar-refractivity contribution is 9.10. The minimum atomic E-state index is 0.682. The van der Waals surface area contributed by atoms with Gasteiger partial charge in [-0.25, -0.2) is 0 Å². The van der Waals surface area contributed by atoms with Crippen molar-refractivity contribution in [2.24, 2.45) is 5.73 Å². The average Bonchev–Trinajstić information content (AvgIpc) is 2.18. The summed E-state index contributed by atoms with van der Waals surface area (Å²) in [6.07, 6.45) is 1.91. The van der Waals surface area contributed by atoms with Crippen LogP contribution in [0.5, 0.6) is 0 Å². The highest BCUT2D eigenvalue weighted by Gasteiger charge is 2.02. The molecule has 15 heavy (non-hydrogen) atoms. The molecule has 0 aliphatic heterocycles. The number of nitrogens with zero attached hydrogens (tertiary/aromatic N) is 1. The lowest BCUT2D eigenvalue weighted by atomic mass is 10.2.